The molecule has 136 valence electrons. The van der Waals surface area contributed by atoms with Gasteiger partial charge in [-0.15, -0.1) is 6.58 Å². The van der Waals surface area contributed by atoms with Gasteiger partial charge in [0.05, 0.1) is 4.90 Å². The van der Waals surface area contributed by atoms with Crippen molar-refractivity contribution in [3.63, 3.8) is 0 Å². The first-order valence-corrected chi connectivity index (χ1v) is 9.85. The van der Waals surface area contributed by atoms with Crippen LogP contribution in [0, 0.1) is 6.92 Å². The van der Waals surface area contributed by atoms with Crippen LogP contribution in [-0.4, -0.2) is 31.0 Å². The van der Waals surface area contributed by atoms with E-state index in [2.05, 4.69) is 6.58 Å². The molecule has 3 rings (SSSR count). The third-order valence-electron chi connectivity index (χ3n) is 4.46. The first-order chi connectivity index (χ1) is 12.4. The Morgan fingerprint density at radius 2 is 1.77 bits per heavy atom. The molecule has 0 aromatic heterocycles. The largest absolute Gasteiger partial charge is 0.443 e. The highest BCUT2D eigenvalue weighted by atomic mass is 32.2. The summed E-state index contributed by atoms with van der Waals surface area (Å²) in [7, 11) is -3.99. The number of ether oxygens (including phenoxy) is 1. The number of carbonyl (C=O) groups excluding carboxylic acids is 1. The first-order valence-electron chi connectivity index (χ1n) is 8.41. The zero-order chi connectivity index (χ0) is 18.7. The summed E-state index contributed by atoms with van der Waals surface area (Å²) in [5, 5.41) is 0. The molecule has 6 heteroatoms. The van der Waals surface area contributed by atoms with Crippen molar-refractivity contribution in [2.24, 2.45) is 0 Å². The molecule has 1 fully saturated rings. The van der Waals surface area contributed by atoms with E-state index >= 15 is 0 Å². The van der Waals surface area contributed by atoms with Crippen molar-refractivity contribution in [1.29, 1.82) is 0 Å². The van der Waals surface area contributed by atoms with Crippen LogP contribution in [0.5, 0.6) is 0 Å². The monoisotopic (exact) mass is 371 g/mol. The average molecular weight is 371 g/mol. The maximum atomic E-state index is 12.9. The fourth-order valence-corrected chi connectivity index (χ4v) is 4.53. The van der Waals surface area contributed by atoms with Crippen molar-refractivity contribution < 1.29 is 17.9 Å². The van der Waals surface area contributed by atoms with Gasteiger partial charge < -0.3 is 4.74 Å². The minimum atomic E-state index is -3.99. The van der Waals surface area contributed by atoms with Crippen molar-refractivity contribution in [2.75, 3.05) is 0 Å². The zero-order valence-corrected chi connectivity index (χ0v) is 15.4. The Kier molecular flexibility index (Phi) is 5.13. The number of sulfonamides is 1. The van der Waals surface area contributed by atoms with Crippen LogP contribution in [0.15, 0.2) is 72.1 Å². The highest BCUT2D eigenvalue weighted by molar-refractivity contribution is 7.89. The molecule has 0 aliphatic carbocycles. The second-order valence-corrected chi connectivity index (χ2v) is 8.10. The lowest BCUT2D eigenvalue weighted by Gasteiger charge is -2.21. The molecule has 0 radical (unpaired) electrons. The summed E-state index contributed by atoms with van der Waals surface area (Å²) in [4.78, 5) is 12.4. The Bertz CT molecular complexity index is 891. The lowest BCUT2D eigenvalue weighted by Crippen LogP contribution is -2.39. The van der Waals surface area contributed by atoms with Crippen LogP contribution in [0.25, 0.3) is 0 Å². The molecule has 1 saturated heterocycles. The van der Waals surface area contributed by atoms with Gasteiger partial charge in [0.1, 0.15) is 12.1 Å². The number of hydrogen-bond donors (Lipinski definition) is 0. The fourth-order valence-electron chi connectivity index (χ4n) is 3.04. The van der Waals surface area contributed by atoms with Crippen LogP contribution in [0.2, 0.25) is 0 Å². The molecule has 0 N–H and O–H groups in total. The Balaban J connectivity index is 1.82. The Morgan fingerprint density at radius 1 is 1.12 bits per heavy atom. The summed E-state index contributed by atoms with van der Waals surface area (Å²) in [6, 6.07) is 15.4. The average Bonchev–Trinajstić information content (AvgIpc) is 2.97. The number of cyclic esters (lactones) is 1. The fraction of sp³-hybridized carbons (Fsp3) is 0.250. The van der Waals surface area contributed by atoms with Crippen LogP contribution < -0.4 is 0 Å². The van der Waals surface area contributed by atoms with E-state index in [1.807, 2.05) is 37.3 Å². The molecule has 5 nitrogen and oxygen atoms in total. The molecule has 0 saturated carbocycles. The molecule has 2 aromatic carbocycles. The number of benzene rings is 2. The van der Waals surface area contributed by atoms with Gasteiger partial charge >= 0.3 is 6.09 Å². The minimum absolute atomic E-state index is 0.0654. The first kappa shape index (κ1) is 18.2. The molecule has 0 unspecified atom stereocenters. The van der Waals surface area contributed by atoms with Crippen LogP contribution in [0.3, 0.4) is 0 Å². The summed E-state index contributed by atoms with van der Waals surface area (Å²) in [5.74, 6) is 0. The van der Waals surface area contributed by atoms with Gasteiger partial charge in [-0.05, 0) is 37.5 Å². The van der Waals surface area contributed by atoms with Gasteiger partial charge in [0.15, 0.2) is 0 Å². The van der Waals surface area contributed by atoms with E-state index in [0.717, 1.165) is 15.4 Å². The molecule has 1 aliphatic rings. The van der Waals surface area contributed by atoms with Crippen molar-refractivity contribution in [1.82, 2.24) is 4.31 Å². The van der Waals surface area contributed by atoms with Gasteiger partial charge in [-0.2, -0.15) is 4.31 Å². The summed E-state index contributed by atoms with van der Waals surface area (Å²) < 4.78 is 32.0. The lowest BCUT2D eigenvalue weighted by molar-refractivity contribution is 0.129. The molecule has 1 amide bonds. The molecule has 2 aromatic rings. The summed E-state index contributed by atoms with van der Waals surface area (Å²) in [5.41, 5.74) is 2.04. The van der Waals surface area contributed by atoms with Gasteiger partial charge in [0.2, 0.25) is 0 Å². The SMILES string of the molecule is C=C[C@H]1[C@@H](CCc2ccccc2)OC(=O)N1S(=O)(=O)c1ccc(C)cc1. The van der Waals surface area contributed by atoms with E-state index in [1.165, 1.54) is 18.2 Å². The van der Waals surface area contributed by atoms with Gasteiger partial charge in [0.25, 0.3) is 10.0 Å². The Morgan fingerprint density at radius 3 is 2.38 bits per heavy atom. The van der Waals surface area contributed by atoms with Crippen molar-refractivity contribution in [3.8, 4) is 0 Å². The number of amides is 1. The topological polar surface area (TPSA) is 63.7 Å². The van der Waals surface area contributed by atoms with E-state index in [4.69, 9.17) is 4.74 Å². The summed E-state index contributed by atoms with van der Waals surface area (Å²) in [6.45, 7) is 5.58. The maximum absolute atomic E-state index is 12.9. The molecule has 1 heterocycles. The molecule has 26 heavy (non-hydrogen) atoms. The second kappa shape index (κ2) is 7.33. The highest BCUT2D eigenvalue weighted by Crippen LogP contribution is 2.30. The molecular formula is C20H21NO4S. The lowest BCUT2D eigenvalue weighted by atomic mass is 10.0. The standard InChI is InChI=1S/C20H21NO4S/c1-3-18-19(14-11-16-7-5-4-6-8-16)25-20(22)21(18)26(23,24)17-12-9-15(2)10-13-17/h3-10,12-13,18-19H,1,11,14H2,2H3/t18-,19+/m0/s1. The number of nitrogens with zero attached hydrogens (tertiary/aromatic N) is 1. The van der Waals surface area contributed by atoms with Gasteiger partial charge in [-0.25, -0.2) is 13.2 Å². The Hall–Kier alpha value is -2.60. The van der Waals surface area contributed by atoms with Crippen LogP contribution in [0.4, 0.5) is 4.79 Å². The van der Waals surface area contributed by atoms with Crippen molar-refractivity contribution in [3.05, 3.63) is 78.4 Å². The Labute approximate surface area is 154 Å². The predicted octanol–water partition coefficient (Wildman–Crippen LogP) is 3.69. The quantitative estimate of drug-likeness (QED) is 0.727. The van der Waals surface area contributed by atoms with Gasteiger partial charge in [0, 0.05) is 0 Å². The number of aryl methyl sites for hydroxylation is 2. The maximum Gasteiger partial charge on any atom is 0.424 e. The van der Waals surface area contributed by atoms with E-state index in [-0.39, 0.29) is 4.90 Å². The van der Waals surface area contributed by atoms with E-state index < -0.39 is 28.3 Å². The predicted molar refractivity (Wildman–Crippen MR) is 99.2 cm³/mol. The molecule has 0 spiro atoms. The van der Waals surface area contributed by atoms with Crippen LogP contribution in [-0.2, 0) is 21.2 Å². The van der Waals surface area contributed by atoms with Gasteiger partial charge in [-0.1, -0.05) is 54.1 Å². The van der Waals surface area contributed by atoms with Crippen LogP contribution >= 0.6 is 0 Å². The van der Waals surface area contributed by atoms with E-state index in [0.29, 0.717) is 12.8 Å². The molecule has 0 bridgehead atoms. The van der Waals surface area contributed by atoms with E-state index in [9.17, 15) is 13.2 Å². The van der Waals surface area contributed by atoms with E-state index in [1.54, 1.807) is 12.1 Å². The highest BCUT2D eigenvalue weighted by Gasteiger charge is 2.47. The van der Waals surface area contributed by atoms with Crippen LogP contribution in [0.1, 0.15) is 17.5 Å². The summed E-state index contributed by atoms with van der Waals surface area (Å²) >= 11 is 0. The van der Waals surface area contributed by atoms with Crippen molar-refractivity contribution >= 4 is 16.1 Å². The number of carbonyl (C=O) groups is 1. The second-order valence-electron chi connectivity index (χ2n) is 6.29. The third-order valence-corrected chi connectivity index (χ3v) is 6.24. The smallest absolute Gasteiger partial charge is 0.424 e. The number of rotatable bonds is 6. The zero-order valence-electron chi connectivity index (χ0n) is 14.5. The van der Waals surface area contributed by atoms with Gasteiger partial charge in [-0.3, -0.25) is 0 Å². The molecular weight excluding hydrogens is 350 g/mol. The van der Waals surface area contributed by atoms with Crippen molar-refractivity contribution in [2.45, 2.75) is 36.8 Å². The number of hydrogen-bond acceptors (Lipinski definition) is 4. The minimum Gasteiger partial charge on any atom is -0.443 e. The normalized spacial score (nSPS) is 20.0. The summed E-state index contributed by atoms with van der Waals surface area (Å²) in [6.07, 6.45) is 1.26. The third kappa shape index (κ3) is 3.51. The molecule has 1 aliphatic heterocycles. The molecule has 2 atom stereocenters.